The molecule has 3 amide bonds. The number of aryl methyl sites for hydroxylation is 1. The van der Waals surface area contributed by atoms with Crippen LogP contribution in [0.1, 0.15) is 78.4 Å². The number of hydrogen-bond donors (Lipinski definition) is 2. The largest absolute Gasteiger partial charge is 0.322 e. The Balaban J connectivity index is 1.13. The Bertz CT molecular complexity index is 1110. The lowest BCUT2D eigenvalue weighted by Crippen LogP contribution is -2.52. The van der Waals surface area contributed by atoms with Gasteiger partial charge in [-0.1, -0.05) is 49.6 Å². The predicted molar refractivity (Wildman–Crippen MR) is 142 cm³/mol. The molecule has 1 unspecified atom stereocenters. The number of amides is 3. The minimum absolute atomic E-state index is 0.121. The molecular weight excluding hydrogens is 470 g/mol. The molecular formula is C29H35N3O3S. The van der Waals surface area contributed by atoms with Crippen LogP contribution in [0.25, 0.3) is 0 Å². The smallest absolute Gasteiger partial charge is 0.255 e. The lowest BCUT2D eigenvalue weighted by Gasteiger charge is -2.29. The fraction of sp³-hybridized carbons (Fsp3) is 0.483. The number of thioether (sulfide) groups is 1. The SMILES string of the molecule is O=C1CCC(N2Cc3c(SCc4ccc(CCCNC5CCCCC5)cc4)cccc3C2=O)C(=O)N1. The van der Waals surface area contributed by atoms with E-state index in [0.29, 0.717) is 18.5 Å². The van der Waals surface area contributed by atoms with Gasteiger partial charge in [-0.05, 0) is 67.5 Å². The minimum atomic E-state index is -0.578. The Labute approximate surface area is 217 Å². The van der Waals surface area contributed by atoms with E-state index in [1.807, 2.05) is 12.1 Å². The Morgan fingerprint density at radius 1 is 0.944 bits per heavy atom. The van der Waals surface area contributed by atoms with E-state index >= 15 is 0 Å². The number of hydrogen-bond acceptors (Lipinski definition) is 5. The number of benzene rings is 2. The number of piperidine rings is 1. The van der Waals surface area contributed by atoms with Crippen LogP contribution in [0.15, 0.2) is 47.4 Å². The molecule has 0 aromatic heterocycles. The first-order chi connectivity index (χ1) is 17.6. The number of fused-ring (bicyclic) bond motifs is 1. The summed E-state index contributed by atoms with van der Waals surface area (Å²) in [4.78, 5) is 39.6. The van der Waals surface area contributed by atoms with Crippen molar-refractivity contribution >= 4 is 29.5 Å². The average molecular weight is 506 g/mol. The number of carbonyl (C=O) groups is 3. The fourth-order valence-corrected chi connectivity index (χ4v) is 6.60. The third kappa shape index (κ3) is 5.84. The van der Waals surface area contributed by atoms with Gasteiger partial charge in [-0.3, -0.25) is 19.7 Å². The van der Waals surface area contributed by atoms with Gasteiger partial charge in [0.05, 0.1) is 0 Å². The lowest BCUT2D eigenvalue weighted by molar-refractivity contribution is -0.136. The second-order valence-electron chi connectivity index (χ2n) is 10.2. The highest BCUT2D eigenvalue weighted by molar-refractivity contribution is 7.98. The standard InChI is InChI=1S/C29H35N3O3S/c33-27-16-15-25(28(34)31-27)32-18-24-23(29(32)35)9-4-10-26(24)36-19-21-13-11-20(12-14-21)6-5-17-30-22-7-2-1-3-8-22/h4,9-14,22,25,30H,1-3,5-8,15-19H2,(H,31,33,34). The number of rotatable bonds is 9. The van der Waals surface area contributed by atoms with E-state index in [4.69, 9.17) is 0 Å². The van der Waals surface area contributed by atoms with Crippen LogP contribution in [-0.4, -0.2) is 41.2 Å². The van der Waals surface area contributed by atoms with Crippen LogP contribution in [-0.2, 0) is 28.3 Å². The van der Waals surface area contributed by atoms with Crippen LogP contribution < -0.4 is 10.6 Å². The van der Waals surface area contributed by atoms with Crippen molar-refractivity contribution in [3.8, 4) is 0 Å². The molecule has 2 heterocycles. The molecule has 2 aliphatic heterocycles. The number of nitrogens with one attached hydrogen (secondary N) is 2. The molecule has 2 aromatic carbocycles. The van der Waals surface area contributed by atoms with Crippen molar-refractivity contribution in [2.75, 3.05) is 6.54 Å². The molecule has 3 aliphatic rings. The molecule has 1 atom stereocenters. The maximum absolute atomic E-state index is 13.0. The summed E-state index contributed by atoms with van der Waals surface area (Å²) < 4.78 is 0. The van der Waals surface area contributed by atoms with Crippen LogP contribution in [0.3, 0.4) is 0 Å². The van der Waals surface area contributed by atoms with Crippen molar-refractivity contribution in [1.29, 1.82) is 0 Å². The Hall–Kier alpha value is -2.64. The van der Waals surface area contributed by atoms with Crippen molar-refractivity contribution in [3.05, 3.63) is 64.7 Å². The molecule has 0 spiro atoms. The van der Waals surface area contributed by atoms with Gasteiger partial charge in [-0.2, -0.15) is 0 Å². The van der Waals surface area contributed by atoms with E-state index < -0.39 is 6.04 Å². The second-order valence-corrected chi connectivity index (χ2v) is 11.2. The van der Waals surface area contributed by atoms with Crippen LogP contribution in [0.2, 0.25) is 0 Å². The molecule has 2 fully saturated rings. The van der Waals surface area contributed by atoms with Gasteiger partial charge in [0.1, 0.15) is 6.04 Å². The first kappa shape index (κ1) is 25.0. The van der Waals surface area contributed by atoms with Crippen LogP contribution >= 0.6 is 11.8 Å². The van der Waals surface area contributed by atoms with E-state index in [2.05, 4.69) is 41.0 Å². The summed E-state index contributed by atoms with van der Waals surface area (Å²) in [6, 6.07) is 14.8. The van der Waals surface area contributed by atoms with E-state index in [1.54, 1.807) is 16.7 Å². The summed E-state index contributed by atoms with van der Waals surface area (Å²) >= 11 is 1.73. The highest BCUT2D eigenvalue weighted by Gasteiger charge is 2.39. The molecule has 36 heavy (non-hydrogen) atoms. The fourth-order valence-electron chi connectivity index (χ4n) is 5.56. The topological polar surface area (TPSA) is 78.5 Å². The van der Waals surface area contributed by atoms with Gasteiger partial charge < -0.3 is 10.2 Å². The van der Waals surface area contributed by atoms with E-state index in [-0.39, 0.29) is 24.1 Å². The lowest BCUT2D eigenvalue weighted by atomic mass is 9.95. The Kier molecular flexibility index (Phi) is 8.07. The first-order valence-corrected chi connectivity index (χ1v) is 14.3. The normalized spacial score (nSPS) is 20.5. The van der Waals surface area contributed by atoms with Crippen LogP contribution in [0.5, 0.6) is 0 Å². The van der Waals surface area contributed by atoms with Crippen molar-refractivity contribution in [3.63, 3.8) is 0 Å². The molecule has 1 saturated heterocycles. The number of carbonyl (C=O) groups excluding carboxylic acids is 3. The number of imide groups is 1. The molecule has 2 N–H and O–H groups in total. The first-order valence-electron chi connectivity index (χ1n) is 13.3. The van der Waals surface area contributed by atoms with Crippen molar-refractivity contribution in [1.82, 2.24) is 15.5 Å². The highest BCUT2D eigenvalue weighted by Crippen LogP contribution is 2.35. The molecule has 190 valence electrons. The summed E-state index contributed by atoms with van der Waals surface area (Å²) in [5.41, 5.74) is 4.29. The van der Waals surface area contributed by atoms with Gasteiger partial charge in [0, 0.05) is 35.2 Å². The van der Waals surface area contributed by atoms with Crippen molar-refractivity contribution in [2.45, 2.75) is 87.1 Å². The van der Waals surface area contributed by atoms with Crippen LogP contribution in [0.4, 0.5) is 0 Å². The van der Waals surface area contributed by atoms with E-state index in [9.17, 15) is 14.4 Å². The Morgan fingerprint density at radius 2 is 1.72 bits per heavy atom. The highest BCUT2D eigenvalue weighted by atomic mass is 32.2. The monoisotopic (exact) mass is 505 g/mol. The maximum atomic E-state index is 13.0. The molecule has 6 nitrogen and oxygen atoms in total. The maximum Gasteiger partial charge on any atom is 0.255 e. The van der Waals surface area contributed by atoms with Crippen LogP contribution in [0, 0.1) is 0 Å². The summed E-state index contributed by atoms with van der Waals surface area (Å²) in [7, 11) is 0. The van der Waals surface area contributed by atoms with Gasteiger partial charge in [0.25, 0.3) is 5.91 Å². The second kappa shape index (κ2) is 11.6. The van der Waals surface area contributed by atoms with E-state index in [1.165, 1.54) is 49.7 Å². The zero-order valence-corrected chi connectivity index (χ0v) is 21.6. The molecule has 1 aliphatic carbocycles. The summed E-state index contributed by atoms with van der Waals surface area (Å²) in [5, 5.41) is 6.10. The summed E-state index contributed by atoms with van der Waals surface area (Å²) in [6.07, 6.45) is 9.72. The Morgan fingerprint density at radius 3 is 2.50 bits per heavy atom. The van der Waals surface area contributed by atoms with Gasteiger partial charge in [0.2, 0.25) is 11.8 Å². The minimum Gasteiger partial charge on any atom is -0.322 e. The molecule has 0 radical (unpaired) electrons. The third-order valence-corrected chi connectivity index (χ3v) is 8.81. The number of nitrogens with zero attached hydrogens (tertiary/aromatic N) is 1. The predicted octanol–water partition coefficient (Wildman–Crippen LogP) is 4.59. The zero-order valence-electron chi connectivity index (χ0n) is 20.8. The summed E-state index contributed by atoms with van der Waals surface area (Å²) in [6.45, 7) is 1.51. The third-order valence-electron chi connectivity index (χ3n) is 7.64. The molecule has 1 saturated carbocycles. The van der Waals surface area contributed by atoms with Crippen molar-refractivity contribution in [2.24, 2.45) is 0 Å². The molecule has 2 aromatic rings. The zero-order chi connectivity index (χ0) is 24.9. The van der Waals surface area contributed by atoms with Gasteiger partial charge in [0.15, 0.2) is 0 Å². The van der Waals surface area contributed by atoms with Gasteiger partial charge in [-0.15, -0.1) is 11.8 Å². The summed E-state index contributed by atoms with van der Waals surface area (Å²) in [5.74, 6) is 0.0709. The molecule has 0 bridgehead atoms. The molecule has 5 rings (SSSR count). The van der Waals surface area contributed by atoms with Gasteiger partial charge in [-0.25, -0.2) is 0 Å². The van der Waals surface area contributed by atoms with E-state index in [0.717, 1.165) is 35.2 Å². The quantitative estimate of drug-likeness (QED) is 0.296. The average Bonchev–Trinajstić information content (AvgIpc) is 3.23. The van der Waals surface area contributed by atoms with Crippen molar-refractivity contribution < 1.29 is 14.4 Å². The molecule has 7 heteroatoms. The van der Waals surface area contributed by atoms with Gasteiger partial charge >= 0.3 is 0 Å².